The lowest BCUT2D eigenvalue weighted by molar-refractivity contribution is -0.161. The Labute approximate surface area is 172 Å². The van der Waals surface area contributed by atoms with Gasteiger partial charge in [0.15, 0.2) is 0 Å². The number of aliphatic hydroxyl groups excluding tert-OH is 1. The SMILES string of the molecule is C[C@@H](O)[C@H]1C(=O)N2C(C(=O)O)=C(c3ccc(CNC(=O)c4cccnc4)cc3)C[C@H]12. The number of nitrogens with zero attached hydrogens (tertiary/aromatic N) is 2. The fourth-order valence-corrected chi connectivity index (χ4v) is 4.13. The first-order valence-corrected chi connectivity index (χ1v) is 9.63. The van der Waals surface area contributed by atoms with Crippen molar-refractivity contribution in [3.8, 4) is 0 Å². The fourth-order valence-electron chi connectivity index (χ4n) is 4.13. The van der Waals surface area contributed by atoms with Gasteiger partial charge in [0, 0.05) is 18.9 Å². The van der Waals surface area contributed by atoms with Gasteiger partial charge in [0.05, 0.1) is 23.6 Å². The number of carbonyl (C=O) groups excluding carboxylic acids is 2. The molecule has 1 fully saturated rings. The van der Waals surface area contributed by atoms with Gasteiger partial charge in [0.2, 0.25) is 5.91 Å². The average Bonchev–Trinajstić information content (AvgIpc) is 3.08. The van der Waals surface area contributed by atoms with Gasteiger partial charge in [0.1, 0.15) is 5.70 Å². The topological polar surface area (TPSA) is 120 Å². The van der Waals surface area contributed by atoms with E-state index in [-0.39, 0.29) is 23.6 Å². The highest BCUT2D eigenvalue weighted by atomic mass is 16.4. The van der Waals surface area contributed by atoms with Crippen LogP contribution in [0.25, 0.3) is 5.57 Å². The van der Waals surface area contributed by atoms with E-state index in [2.05, 4.69) is 10.3 Å². The molecule has 0 saturated carbocycles. The molecule has 0 spiro atoms. The highest BCUT2D eigenvalue weighted by molar-refractivity contribution is 6.06. The number of rotatable bonds is 6. The van der Waals surface area contributed by atoms with Crippen molar-refractivity contribution in [3.05, 3.63) is 71.2 Å². The Morgan fingerprint density at radius 1 is 1.27 bits per heavy atom. The number of aliphatic carboxylic acids is 1. The Balaban J connectivity index is 1.49. The maximum Gasteiger partial charge on any atom is 0.352 e. The Bertz CT molecular complexity index is 1030. The fraction of sp³-hybridized carbons (Fsp3) is 0.273. The number of aromatic nitrogens is 1. The second-order valence-electron chi connectivity index (χ2n) is 7.50. The molecule has 0 bridgehead atoms. The number of fused-ring (bicyclic) bond motifs is 1. The molecule has 2 aromatic rings. The van der Waals surface area contributed by atoms with Crippen molar-refractivity contribution in [1.29, 1.82) is 0 Å². The van der Waals surface area contributed by atoms with Crippen molar-refractivity contribution in [2.75, 3.05) is 0 Å². The Kier molecular flexibility index (Phi) is 5.09. The lowest BCUT2D eigenvalue weighted by atomic mass is 9.82. The van der Waals surface area contributed by atoms with E-state index in [1.165, 1.54) is 11.1 Å². The molecule has 3 N–H and O–H groups in total. The molecule has 0 aliphatic carbocycles. The van der Waals surface area contributed by atoms with Gasteiger partial charge in [-0.05, 0) is 42.2 Å². The number of nitrogens with one attached hydrogen (secondary N) is 1. The maximum atomic E-state index is 12.3. The minimum atomic E-state index is -1.15. The van der Waals surface area contributed by atoms with Crippen molar-refractivity contribution >= 4 is 23.4 Å². The van der Waals surface area contributed by atoms with Gasteiger partial charge in [-0.2, -0.15) is 0 Å². The highest BCUT2D eigenvalue weighted by Gasteiger charge is 2.56. The number of amides is 2. The highest BCUT2D eigenvalue weighted by Crippen LogP contribution is 2.46. The van der Waals surface area contributed by atoms with Gasteiger partial charge in [-0.15, -0.1) is 0 Å². The summed E-state index contributed by atoms with van der Waals surface area (Å²) >= 11 is 0. The normalized spacial score (nSPS) is 21.1. The molecule has 1 aromatic carbocycles. The molecule has 154 valence electrons. The molecule has 2 aliphatic rings. The van der Waals surface area contributed by atoms with Crippen LogP contribution in [0.2, 0.25) is 0 Å². The predicted octanol–water partition coefficient (Wildman–Crippen LogP) is 1.42. The van der Waals surface area contributed by atoms with Crippen LogP contribution in [0.15, 0.2) is 54.5 Å². The number of hydrogen-bond acceptors (Lipinski definition) is 5. The largest absolute Gasteiger partial charge is 0.477 e. The first-order valence-electron chi connectivity index (χ1n) is 9.63. The van der Waals surface area contributed by atoms with E-state index in [0.717, 1.165) is 5.56 Å². The third-order valence-corrected chi connectivity index (χ3v) is 5.61. The molecule has 1 aromatic heterocycles. The molecule has 1 saturated heterocycles. The van der Waals surface area contributed by atoms with E-state index in [0.29, 0.717) is 29.7 Å². The number of benzene rings is 1. The Morgan fingerprint density at radius 2 is 2.00 bits per heavy atom. The molecule has 3 atom stereocenters. The minimum absolute atomic E-state index is 0.0143. The molecule has 3 heterocycles. The van der Waals surface area contributed by atoms with Gasteiger partial charge in [-0.1, -0.05) is 24.3 Å². The van der Waals surface area contributed by atoms with Crippen LogP contribution in [0.4, 0.5) is 0 Å². The monoisotopic (exact) mass is 407 g/mol. The van der Waals surface area contributed by atoms with E-state index in [4.69, 9.17) is 0 Å². The summed E-state index contributed by atoms with van der Waals surface area (Å²) < 4.78 is 0. The van der Waals surface area contributed by atoms with Crippen LogP contribution in [0.3, 0.4) is 0 Å². The minimum Gasteiger partial charge on any atom is -0.477 e. The second-order valence-corrected chi connectivity index (χ2v) is 7.50. The van der Waals surface area contributed by atoms with Crippen molar-refractivity contribution < 1.29 is 24.6 Å². The summed E-state index contributed by atoms with van der Waals surface area (Å²) in [7, 11) is 0. The van der Waals surface area contributed by atoms with E-state index < -0.39 is 18.0 Å². The summed E-state index contributed by atoms with van der Waals surface area (Å²) in [6, 6.07) is 10.3. The van der Waals surface area contributed by atoms with Gasteiger partial charge in [-0.25, -0.2) is 4.79 Å². The molecule has 2 aliphatic heterocycles. The molecular weight excluding hydrogens is 386 g/mol. The zero-order valence-corrected chi connectivity index (χ0v) is 16.3. The molecule has 2 amide bonds. The summed E-state index contributed by atoms with van der Waals surface area (Å²) in [6.45, 7) is 1.86. The van der Waals surface area contributed by atoms with Gasteiger partial charge < -0.3 is 20.4 Å². The van der Waals surface area contributed by atoms with Gasteiger partial charge in [-0.3, -0.25) is 14.6 Å². The molecule has 8 heteroatoms. The Hall–Kier alpha value is -3.52. The molecular formula is C22H21N3O5. The van der Waals surface area contributed by atoms with Crippen LogP contribution in [0.1, 0.15) is 34.8 Å². The number of hydrogen-bond donors (Lipinski definition) is 3. The number of carbonyl (C=O) groups is 3. The number of aliphatic hydroxyl groups is 1. The van der Waals surface area contributed by atoms with Gasteiger partial charge >= 0.3 is 5.97 Å². The average molecular weight is 407 g/mol. The predicted molar refractivity (Wildman–Crippen MR) is 107 cm³/mol. The molecule has 4 rings (SSSR count). The third kappa shape index (κ3) is 3.35. The number of carboxylic acid groups (broad SMARTS) is 1. The zero-order valence-electron chi connectivity index (χ0n) is 16.3. The smallest absolute Gasteiger partial charge is 0.352 e. The van der Waals surface area contributed by atoms with E-state index in [9.17, 15) is 24.6 Å². The van der Waals surface area contributed by atoms with Crippen LogP contribution in [-0.4, -0.2) is 50.0 Å². The molecule has 0 unspecified atom stereocenters. The number of pyridine rings is 1. The van der Waals surface area contributed by atoms with Crippen LogP contribution in [-0.2, 0) is 16.1 Å². The third-order valence-electron chi connectivity index (χ3n) is 5.61. The summed E-state index contributed by atoms with van der Waals surface area (Å²) in [4.78, 5) is 41.5. The van der Waals surface area contributed by atoms with E-state index in [1.54, 1.807) is 37.4 Å². The number of carboxylic acids is 1. The summed E-state index contributed by atoms with van der Waals surface area (Å²) in [6.07, 6.45) is 2.65. The van der Waals surface area contributed by atoms with Crippen LogP contribution in [0, 0.1) is 5.92 Å². The molecule has 0 radical (unpaired) electrons. The first kappa shape index (κ1) is 19.8. The maximum absolute atomic E-state index is 12.3. The molecule has 30 heavy (non-hydrogen) atoms. The Morgan fingerprint density at radius 3 is 2.60 bits per heavy atom. The van der Waals surface area contributed by atoms with Crippen LogP contribution < -0.4 is 5.32 Å². The van der Waals surface area contributed by atoms with Crippen molar-refractivity contribution in [2.45, 2.75) is 32.0 Å². The zero-order chi connectivity index (χ0) is 21.4. The second kappa shape index (κ2) is 7.72. The lowest BCUT2D eigenvalue weighted by Gasteiger charge is -2.44. The van der Waals surface area contributed by atoms with E-state index in [1.807, 2.05) is 12.1 Å². The van der Waals surface area contributed by atoms with Crippen LogP contribution in [0.5, 0.6) is 0 Å². The van der Waals surface area contributed by atoms with Crippen molar-refractivity contribution in [3.63, 3.8) is 0 Å². The summed E-state index contributed by atoms with van der Waals surface area (Å²) in [5, 5.41) is 22.3. The standard InChI is InChI=1S/C22H21N3O5/c1-12(26)18-17-9-16(19(22(29)30)25(17)21(18)28)14-6-4-13(5-7-14)10-24-20(27)15-3-2-8-23-11-15/h2-8,11-12,17-18,26H,9-10H2,1H3,(H,24,27)(H,29,30)/t12-,17-,18-/m1/s1. The van der Waals surface area contributed by atoms with Crippen molar-refractivity contribution in [1.82, 2.24) is 15.2 Å². The van der Waals surface area contributed by atoms with Crippen molar-refractivity contribution in [2.24, 2.45) is 5.92 Å². The first-order chi connectivity index (χ1) is 14.4. The quantitative estimate of drug-likeness (QED) is 0.623. The molecule has 8 nitrogen and oxygen atoms in total. The summed E-state index contributed by atoms with van der Waals surface area (Å²) in [5.74, 6) is -2.31. The number of β-lactam (4-membered cyclic amide) rings is 1. The van der Waals surface area contributed by atoms with E-state index >= 15 is 0 Å². The van der Waals surface area contributed by atoms with Crippen LogP contribution >= 0.6 is 0 Å². The summed E-state index contributed by atoms with van der Waals surface area (Å²) in [5.41, 5.74) is 2.60. The van der Waals surface area contributed by atoms with Gasteiger partial charge in [0.25, 0.3) is 5.91 Å². The lowest BCUT2D eigenvalue weighted by Crippen LogP contribution is -2.61.